The van der Waals surface area contributed by atoms with Crippen LogP contribution in [-0.2, 0) is 63.8 Å². The maximum atomic E-state index is 14.3. The molecule has 3 aromatic rings. The molecule has 3 aliphatic rings. The maximum Gasteiger partial charge on any atom is 0.259 e. The summed E-state index contributed by atoms with van der Waals surface area (Å²) in [7, 11) is 2.94. The smallest absolute Gasteiger partial charge is 0.259 e. The molecular formula is C56H77N9O19. The van der Waals surface area contributed by atoms with Crippen LogP contribution in [0.2, 0.25) is 0 Å². The highest BCUT2D eigenvalue weighted by Gasteiger charge is 2.36. The summed E-state index contributed by atoms with van der Waals surface area (Å²) in [4.78, 5) is 118. The Kier molecular flexibility index (Phi) is 26.8. The molecule has 84 heavy (non-hydrogen) atoms. The molecule has 28 heteroatoms. The second-order valence-electron chi connectivity index (χ2n) is 19.4. The largest absolute Gasteiger partial charge is 0.493 e. The summed E-state index contributed by atoms with van der Waals surface area (Å²) in [5.41, 5.74) is 7.04. The van der Waals surface area contributed by atoms with E-state index in [2.05, 4.69) is 26.6 Å². The predicted molar refractivity (Wildman–Crippen MR) is 300 cm³/mol. The third-order valence-electron chi connectivity index (χ3n) is 13.5. The Morgan fingerprint density at radius 1 is 0.667 bits per heavy atom. The number of nitrogens with one attached hydrogen (secondary N) is 5. The molecule has 6 rings (SSSR count). The number of amides is 7. The van der Waals surface area contributed by atoms with Crippen LogP contribution in [0.1, 0.15) is 61.4 Å². The number of aliphatic hydroxyl groups excluding tert-OH is 1. The van der Waals surface area contributed by atoms with Gasteiger partial charge in [-0.3, -0.25) is 53.0 Å². The summed E-state index contributed by atoms with van der Waals surface area (Å²) >= 11 is 0. The van der Waals surface area contributed by atoms with Gasteiger partial charge in [-0.15, -0.1) is 0 Å². The number of hydrogen-bond acceptors (Lipinski definition) is 21. The average molecular weight is 1180 g/mol. The standard InChI is InChI=1S/C56H77N9O19/c1-36(61-47(68)11-20-78-23-25-80-27-28-81-26-24-79-21-13-58-46(67)10-17-64-49(70)8-9-50(64)71)54(73)62-41(7-4-5-12-57)55(74)60-33-48(69)59-14-22-82-34-63(18-19-66)15-6-16-65-52-38-30-44-45(84-35-83-44)31-39(38)53(72)51(52)37-29-42(76-2)43(77-3)32-40(37)56(65)75/h8-9,29-32,36,41,66H,4-7,10-28,33-35,57H2,1-3H3,(H,58,67)(H,59,69)(H,60,74)(H,61,68)(H,62,73)/t36-,41-/m0/s1. The zero-order valence-corrected chi connectivity index (χ0v) is 47.7. The van der Waals surface area contributed by atoms with Crippen LogP contribution >= 0.6 is 0 Å². The van der Waals surface area contributed by atoms with Gasteiger partial charge in [0.05, 0.1) is 110 Å². The summed E-state index contributed by atoms with van der Waals surface area (Å²) in [6.45, 7) is 4.67. The first-order chi connectivity index (χ1) is 40.7. The zero-order chi connectivity index (χ0) is 60.4. The highest BCUT2D eigenvalue weighted by molar-refractivity contribution is 6.27. The van der Waals surface area contributed by atoms with Crippen LogP contribution in [0.4, 0.5) is 0 Å². The number of pyridine rings is 1. The molecule has 1 aromatic heterocycles. The number of methoxy groups -OCH3 is 2. The molecule has 0 unspecified atom stereocenters. The van der Waals surface area contributed by atoms with Gasteiger partial charge in [0.2, 0.25) is 36.3 Å². The van der Waals surface area contributed by atoms with Gasteiger partial charge in [-0.2, -0.15) is 0 Å². The lowest BCUT2D eigenvalue weighted by Gasteiger charge is -2.22. The van der Waals surface area contributed by atoms with Crippen molar-refractivity contribution in [2.24, 2.45) is 5.73 Å². The van der Waals surface area contributed by atoms with Gasteiger partial charge >= 0.3 is 0 Å². The molecule has 0 saturated carbocycles. The number of ketones is 1. The number of imide groups is 1. The van der Waals surface area contributed by atoms with E-state index in [4.69, 9.17) is 48.4 Å². The van der Waals surface area contributed by atoms with Crippen LogP contribution in [-0.4, -0.2) is 218 Å². The molecular weight excluding hydrogens is 1100 g/mol. The van der Waals surface area contributed by atoms with Crippen LogP contribution in [0.15, 0.2) is 41.2 Å². The van der Waals surface area contributed by atoms with E-state index in [-0.39, 0.29) is 134 Å². The Hall–Kier alpha value is -7.57. The Labute approximate surface area is 485 Å². The number of benzene rings is 2. The van der Waals surface area contributed by atoms with Gasteiger partial charge in [0.25, 0.3) is 17.4 Å². The monoisotopic (exact) mass is 1180 g/mol. The summed E-state index contributed by atoms with van der Waals surface area (Å²) < 4.78 is 51.4. The van der Waals surface area contributed by atoms with Crippen molar-refractivity contribution in [3.8, 4) is 34.3 Å². The molecule has 8 N–H and O–H groups in total. The molecule has 460 valence electrons. The fourth-order valence-corrected chi connectivity index (χ4v) is 9.18. The van der Waals surface area contributed by atoms with Gasteiger partial charge in [-0.25, -0.2) is 0 Å². The van der Waals surface area contributed by atoms with Crippen LogP contribution < -0.4 is 56.8 Å². The Bertz CT molecular complexity index is 2860. The second-order valence-corrected chi connectivity index (χ2v) is 19.4. The molecule has 1 aliphatic carbocycles. The number of nitrogens with zero attached hydrogens (tertiary/aromatic N) is 3. The molecule has 2 aromatic carbocycles. The van der Waals surface area contributed by atoms with Gasteiger partial charge in [-0.05, 0) is 63.4 Å². The molecule has 0 radical (unpaired) electrons. The normalized spacial score (nSPS) is 13.7. The summed E-state index contributed by atoms with van der Waals surface area (Å²) in [6.07, 6.45) is 4.05. The Morgan fingerprint density at radius 2 is 1.27 bits per heavy atom. The van der Waals surface area contributed by atoms with Crippen molar-refractivity contribution in [3.63, 3.8) is 0 Å². The molecule has 28 nitrogen and oxygen atoms in total. The quantitative estimate of drug-likeness (QED) is 0.0157. The van der Waals surface area contributed by atoms with Gasteiger partial charge in [-0.1, -0.05) is 0 Å². The van der Waals surface area contributed by atoms with E-state index >= 15 is 0 Å². The number of rotatable bonds is 41. The first-order valence-electron chi connectivity index (χ1n) is 27.9. The van der Waals surface area contributed by atoms with E-state index in [0.717, 1.165) is 4.90 Å². The SMILES string of the molecule is COc1cc2c3c(n(CCCN(CCO)COCCNC(=O)CNC(=O)[C@H](CCCCN)NC(=O)[C@H](C)NC(=O)CCOCCOCCOCCOCCNC(=O)CCN4C(=O)C=CC4=O)c(=O)c2cc1OC)-c1cc2c(cc1C3=O)OCO2. The van der Waals surface area contributed by atoms with Gasteiger partial charge in [0, 0.05) is 80.8 Å². The van der Waals surface area contributed by atoms with Crippen molar-refractivity contribution in [2.45, 2.75) is 64.1 Å². The summed E-state index contributed by atoms with van der Waals surface area (Å²) in [5, 5.41) is 23.7. The molecule has 0 spiro atoms. The molecule has 0 saturated heterocycles. The number of ether oxygens (including phenoxy) is 9. The number of fused-ring (bicyclic) bond motifs is 6. The minimum atomic E-state index is -1.01. The van der Waals surface area contributed by atoms with Crippen molar-refractivity contribution in [1.82, 2.24) is 41.0 Å². The Balaban J connectivity index is 0.824. The molecule has 2 aliphatic heterocycles. The van der Waals surface area contributed by atoms with E-state index in [1.807, 2.05) is 4.90 Å². The highest BCUT2D eigenvalue weighted by atomic mass is 16.7. The van der Waals surface area contributed by atoms with Crippen molar-refractivity contribution in [3.05, 3.63) is 57.9 Å². The third kappa shape index (κ3) is 19.0. The molecule has 7 amide bonds. The summed E-state index contributed by atoms with van der Waals surface area (Å²) in [5.74, 6) is -2.02. The number of carbonyl (C=O) groups is 8. The minimum absolute atomic E-state index is 0.000866. The van der Waals surface area contributed by atoms with Crippen molar-refractivity contribution >= 4 is 57.9 Å². The van der Waals surface area contributed by atoms with Crippen LogP contribution in [0.5, 0.6) is 23.0 Å². The zero-order valence-electron chi connectivity index (χ0n) is 47.7. The lowest BCUT2D eigenvalue weighted by molar-refractivity contribution is -0.137. The average Bonchev–Trinajstić information content (AvgIpc) is 1.71. The van der Waals surface area contributed by atoms with Gasteiger partial charge in [0.1, 0.15) is 12.1 Å². The third-order valence-corrected chi connectivity index (χ3v) is 13.5. The van der Waals surface area contributed by atoms with Crippen LogP contribution in [0, 0.1) is 0 Å². The molecule has 0 fully saturated rings. The van der Waals surface area contributed by atoms with E-state index in [1.165, 1.54) is 33.3 Å². The first-order valence-corrected chi connectivity index (χ1v) is 27.9. The Morgan fingerprint density at radius 3 is 1.92 bits per heavy atom. The second kappa shape index (κ2) is 34.3. The fourth-order valence-electron chi connectivity index (χ4n) is 9.18. The number of aromatic nitrogens is 1. The van der Waals surface area contributed by atoms with Gasteiger partial charge < -0.3 is 84.6 Å². The predicted octanol–water partition coefficient (Wildman–Crippen LogP) is -1.14. The van der Waals surface area contributed by atoms with E-state index in [9.17, 15) is 48.3 Å². The maximum absolute atomic E-state index is 14.3. The lowest BCUT2D eigenvalue weighted by atomic mass is 10.0. The number of nitrogens with two attached hydrogens (primary N) is 1. The summed E-state index contributed by atoms with van der Waals surface area (Å²) in [6, 6.07) is 4.55. The number of carbonyl (C=O) groups excluding carboxylic acids is 8. The van der Waals surface area contributed by atoms with E-state index in [0.29, 0.717) is 110 Å². The lowest BCUT2D eigenvalue weighted by Crippen LogP contribution is -2.53. The van der Waals surface area contributed by atoms with E-state index < -0.39 is 47.5 Å². The number of unbranched alkanes of at least 4 members (excludes halogenated alkanes) is 1. The molecule has 3 heterocycles. The first kappa shape index (κ1) is 65.6. The topological polar surface area (TPSA) is 355 Å². The van der Waals surface area contributed by atoms with Crippen molar-refractivity contribution in [2.75, 3.05) is 140 Å². The number of aliphatic hydroxyl groups is 1. The van der Waals surface area contributed by atoms with Crippen molar-refractivity contribution in [1.29, 1.82) is 0 Å². The minimum Gasteiger partial charge on any atom is -0.493 e. The van der Waals surface area contributed by atoms with E-state index in [1.54, 1.807) is 28.8 Å². The molecule has 0 bridgehead atoms. The number of hydrogen-bond donors (Lipinski definition) is 7. The highest BCUT2D eigenvalue weighted by Crippen LogP contribution is 2.47. The van der Waals surface area contributed by atoms with Gasteiger partial charge in [0.15, 0.2) is 28.8 Å². The molecule has 2 atom stereocenters. The fraction of sp³-hybridized carbons (Fsp3) is 0.554. The van der Waals surface area contributed by atoms with Crippen LogP contribution in [0.25, 0.3) is 22.0 Å². The van der Waals surface area contributed by atoms with Crippen molar-refractivity contribution < 1.29 is 86.1 Å². The van der Waals surface area contributed by atoms with Crippen LogP contribution in [0.3, 0.4) is 0 Å².